The molecule has 2 aromatic rings. The van der Waals surface area contributed by atoms with Crippen molar-refractivity contribution in [2.75, 3.05) is 28.6 Å². The van der Waals surface area contributed by atoms with Crippen molar-refractivity contribution in [3.63, 3.8) is 0 Å². The second kappa shape index (κ2) is 9.38. The fraction of sp³-hybridized carbons (Fsp3) is 0.375. The molecule has 1 fully saturated rings. The molecule has 32 heavy (non-hydrogen) atoms. The van der Waals surface area contributed by atoms with Crippen LogP contribution in [-0.2, 0) is 19.1 Å². The molecule has 4 rings (SSSR count). The van der Waals surface area contributed by atoms with Crippen LogP contribution in [0.15, 0.2) is 42.5 Å². The molecule has 0 aliphatic carbocycles. The van der Waals surface area contributed by atoms with E-state index in [1.807, 2.05) is 24.3 Å². The first kappa shape index (κ1) is 21.8. The molecule has 0 unspecified atom stereocenters. The fourth-order valence-electron chi connectivity index (χ4n) is 4.11. The minimum absolute atomic E-state index is 0.121. The summed E-state index contributed by atoms with van der Waals surface area (Å²) in [5.41, 5.74) is 2.44. The van der Waals surface area contributed by atoms with Crippen molar-refractivity contribution in [1.29, 1.82) is 0 Å². The van der Waals surface area contributed by atoms with E-state index in [1.54, 1.807) is 0 Å². The molecule has 2 atom stereocenters. The smallest absolute Gasteiger partial charge is 0.314 e. The molecule has 2 aliphatic heterocycles. The summed E-state index contributed by atoms with van der Waals surface area (Å²) in [4.78, 5) is 39.5. The summed E-state index contributed by atoms with van der Waals surface area (Å²) >= 11 is 0. The van der Waals surface area contributed by atoms with Gasteiger partial charge in [-0.25, -0.2) is 4.39 Å². The van der Waals surface area contributed by atoms with Crippen molar-refractivity contribution in [3.8, 4) is 0 Å². The Kier molecular flexibility index (Phi) is 6.39. The molecule has 0 aromatic heterocycles. The van der Waals surface area contributed by atoms with Gasteiger partial charge in [0.1, 0.15) is 5.82 Å². The normalized spacial score (nSPS) is 18.9. The van der Waals surface area contributed by atoms with Gasteiger partial charge in [0.2, 0.25) is 5.91 Å². The predicted molar refractivity (Wildman–Crippen MR) is 119 cm³/mol. The molecular weight excluding hydrogens is 413 g/mol. The first-order valence-corrected chi connectivity index (χ1v) is 10.9. The maximum atomic E-state index is 13.5. The van der Waals surface area contributed by atoms with Gasteiger partial charge in [-0.1, -0.05) is 6.07 Å². The number of fused-ring (bicyclic) bond motifs is 1. The molecule has 0 saturated carbocycles. The number of carbonyl (C=O) groups is 3. The number of amides is 2. The zero-order valence-corrected chi connectivity index (χ0v) is 17.9. The Hall–Kier alpha value is -3.42. The molecule has 2 N–H and O–H groups in total. The summed E-state index contributed by atoms with van der Waals surface area (Å²) in [5.74, 6) is -2.98. The van der Waals surface area contributed by atoms with Crippen LogP contribution in [0.3, 0.4) is 0 Å². The van der Waals surface area contributed by atoms with Crippen molar-refractivity contribution in [1.82, 2.24) is 0 Å². The lowest BCUT2D eigenvalue weighted by Gasteiger charge is -2.29. The largest absolute Gasteiger partial charge is 0.452 e. The molecule has 1 saturated heterocycles. The first-order chi connectivity index (χ1) is 15.4. The van der Waals surface area contributed by atoms with Gasteiger partial charge in [0.25, 0.3) is 5.91 Å². The predicted octanol–water partition coefficient (Wildman–Crippen LogP) is 3.81. The van der Waals surface area contributed by atoms with Crippen LogP contribution in [0.1, 0.15) is 44.1 Å². The molecule has 2 amide bonds. The highest BCUT2D eigenvalue weighted by molar-refractivity contribution is 6.01. The van der Waals surface area contributed by atoms with Gasteiger partial charge in [-0.15, -0.1) is 0 Å². The molecule has 7 nitrogen and oxygen atoms in total. The maximum Gasteiger partial charge on any atom is 0.314 e. The van der Waals surface area contributed by atoms with Gasteiger partial charge in [0, 0.05) is 36.6 Å². The molecule has 168 valence electrons. The maximum absolute atomic E-state index is 13.5. The standard InChI is InChI=1S/C24H26FN3O4/c1-15(23(30)26-17-6-8-18(9-7-17)28-11-3-2-4-12-28)32-24(31)20-14-22(29)27-21-13-16(25)5-10-19(20)21/h5-10,13,15,20H,2-4,11-12,14H2,1H3,(H,26,30)(H,27,29)/t15-,20+/m1/s1. The lowest BCUT2D eigenvalue weighted by molar-refractivity contribution is -0.155. The van der Waals surface area contributed by atoms with Crippen LogP contribution < -0.4 is 15.5 Å². The number of hydrogen-bond acceptors (Lipinski definition) is 5. The highest BCUT2D eigenvalue weighted by atomic mass is 19.1. The highest BCUT2D eigenvalue weighted by Gasteiger charge is 2.34. The minimum atomic E-state index is -1.06. The number of esters is 1. The van der Waals surface area contributed by atoms with Crippen molar-refractivity contribution >= 4 is 34.8 Å². The number of carbonyl (C=O) groups excluding carboxylic acids is 3. The SMILES string of the molecule is C[C@@H](OC(=O)[C@H]1CC(=O)Nc2cc(F)ccc21)C(=O)Nc1ccc(N2CCCCC2)cc1. The summed E-state index contributed by atoms with van der Waals surface area (Å²) < 4.78 is 18.8. The van der Waals surface area contributed by atoms with Crippen LogP contribution in [-0.4, -0.2) is 37.0 Å². The van der Waals surface area contributed by atoms with Crippen LogP contribution in [0.25, 0.3) is 0 Å². The lowest BCUT2D eigenvalue weighted by Crippen LogP contribution is -2.34. The number of piperidine rings is 1. The van der Waals surface area contributed by atoms with Gasteiger partial charge in [-0.3, -0.25) is 14.4 Å². The molecule has 8 heteroatoms. The number of rotatable bonds is 5. The number of benzene rings is 2. The number of halogens is 1. The van der Waals surface area contributed by atoms with E-state index in [9.17, 15) is 18.8 Å². The monoisotopic (exact) mass is 439 g/mol. The molecular formula is C24H26FN3O4. The zero-order valence-electron chi connectivity index (χ0n) is 17.9. The Morgan fingerprint density at radius 1 is 1.12 bits per heavy atom. The van der Waals surface area contributed by atoms with E-state index in [1.165, 1.54) is 38.3 Å². The van der Waals surface area contributed by atoms with Gasteiger partial charge in [-0.2, -0.15) is 0 Å². The Balaban J connectivity index is 1.36. The van der Waals surface area contributed by atoms with Crippen LogP contribution in [0.2, 0.25) is 0 Å². The van der Waals surface area contributed by atoms with Crippen molar-refractivity contribution in [3.05, 3.63) is 53.8 Å². The Labute approximate surface area is 185 Å². The third kappa shape index (κ3) is 4.90. The molecule has 2 aromatic carbocycles. The summed E-state index contributed by atoms with van der Waals surface area (Å²) in [6.07, 6.45) is 2.45. The third-order valence-corrected chi connectivity index (χ3v) is 5.86. The van der Waals surface area contributed by atoms with E-state index in [0.29, 0.717) is 11.3 Å². The second-order valence-corrected chi connectivity index (χ2v) is 8.20. The second-order valence-electron chi connectivity index (χ2n) is 8.20. The average Bonchev–Trinajstić information content (AvgIpc) is 2.79. The van der Waals surface area contributed by atoms with E-state index in [0.717, 1.165) is 24.8 Å². The molecule has 2 aliphatic rings. The van der Waals surface area contributed by atoms with Gasteiger partial charge in [0.05, 0.1) is 5.92 Å². The minimum Gasteiger partial charge on any atom is -0.452 e. The fourth-order valence-corrected chi connectivity index (χ4v) is 4.11. The van der Waals surface area contributed by atoms with E-state index in [2.05, 4.69) is 15.5 Å². The van der Waals surface area contributed by atoms with E-state index in [-0.39, 0.29) is 12.1 Å². The summed E-state index contributed by atoms with van der Waals surface area (Å²) in [6, 6.07) is 11.4. The molecule has 0 bridgehead atoms. The molecule has 0 radical (unpaired) electrons. The number of ether oxygens (including phenoxy) is 1. The van der Waals surface area contributed by atoms with E-state index in [4.69, 9.17) is 4.74 Å². The number of nitrogens with zero attached hydrogens (tertiary/aromatic N) is 1. The van der Waals surface area contributed by atoms with Gasteiger partial charge in [-0.05, 0) is 68.1 Å². The summed E-state index contributed by atoms with van der Waals surface area (Å²) in [6.45, 7) is 3.55. The van der Waals surface area contributed by atoms with E-state index >= 15 is 0 Å². The third-order valence-electron chi connectivity index (χ3n) is 5.86. The van der Waals surface area contributed by atoms with Crippen LogP contribution >= 0.6 is 0 Å². The summed E-state index contributed by atoms with van der Waals surface area (Å²) in [7, 11) is 0. The van der Waals surface area contributed by atoms with Gasteiger partial charge >= 0.3 is 5.97 Å². The topological polar surface area (TPSA) is 87.7 Å². The van der Waals surface area contributed by atoms with Gasteiger partial charge in [0.15, 0.2) is 6.10 Å². The van der Waals surface area contributed by atoms with Crippen LogP contribution in [0.4, 0.5) is 21.5 Å². The first-order valence-electron chi connectivity index (χ1n) is 10.9. The molecule has 2 heterocycles. The molecule has 0 spiro atoms. The van der Waals surface area contributed by atoms with Crippen molar-refractivity contribution in [2.24, 2.45) is 0 Å². The average molecular weight is 439 g/mol. The van der Waals surface area contributed by atoms with Crippen molar-refractivity contribution in [2.45, 2.75) is 44.6 Å². The number of hydrogen-bond donors (Lipinski definition) is 2. The van der Waals surface area contributed by atoms with Crippen LogP contribution in [0, 0.1) is 5.82 Å². The number of nitrogens with one attached hydrogen (secondary N) is 2. The Bertz CT molecular complexity index is 1020. The number of anilines is 3. The Morgan fingerprint density at radius 3 is 2.56 bits per heavy atom. The van der Waals surface area contributed by atoms with Gasteiger partial charge < -0.3 is 20.3 Å². The zero-order chi connectivity index (χ0) is 22.7. The lowest BCUT2D eigenvalue weighted by atomic mass is 9.90. The van der Waals surface area contributed by atoms with Crippen molar-refractivity contribution < 1.29 is 23.5 Å². The highest BCUT2D eigenvalue weighted by Crippen LogP contribution is 2.34. The van der Waals surface area contributed by atoms with E-state index < -0.39 is 35.6 Å². The Morgan fingerprint density at radius 2 is 1.84 bits per heavy atom. The quantitative estimate of drug-likeness (QED) is 0.692. The van der Waals surface area contributed by atoms with Crippen LogP contribution in [0.5, 0.6) is 0 Å². The summed E-state index contributed by atoms with van der Waals surface area (Å²) in [5, 5.41) is 5.30.